The summed E-state index contributed by atoms with van der Waals surface area (Å²) in [7, 11) is 0. The summed E-state index contributed by atoms with van der Waals surface area (Å²) < 4.78 is 5.23. The second-order valence-electron chi connectivity index (χ2n) is 7.93. The van der Waals surface area contributed by atoms with Gasteiger partial charge in [0.2, 0.25) is 0 Å². The van der Waals surface area contributed by atoms with Crippen LogP contribution in [0.5, 0.6) is 0 Å². The van der Waals surface area contributed by atoms with Gasteiger partial charge in [-0.05, 0) is 55.7 Å². The Labute approximate surface area is 185 Å². The number of ether oxygens (including phenoxy) is 1. The molecule has 1 heterocycles. The smallest absolute Gasteiger partial charge is 0.338 e. The molecule has 1 aliphatic rings. The van der Waals surface area contributed by atoms with Crippen molar-refractivity contribution in [1.82, 2.24) is 4.90 Å². The van der Waals surface area contributed by atoms with Crippen molar-refractivity contribution in [3.63, 3.8) is 0 Å². The molecule has 3 amide bonds. The van der Waals surface area contributed by atoms with Gasteiger partial charge in [0, 0.05) is 12.2 Å². The van der Waals surface area contributed by atoms with E-state index in [2.05, 4.69) is 5.32 Å². The summed E-state index contributed by atoms with van der Waals surface area (Å²) in [6.45, 7) is 5.73. The maximum atomic E-state index is 12.6. The van der Waals surface area contributed by atoms with Crippen molar-refractivity contribution < 1.29 is 23.9 Å². The van der Waals surface area contributed by atoms with Crippen LogP contribution >= 0.6 is 0 Å². The third-order valence-corrected chi connectivity index (χ3v) is 5.05. The van der Waals surface area contributed by atoms with Crippen LogP contribution in [0, 0.1) is 17.2 Å². The second kappa shape index (κ2) is 9.43. The van der Waals surface area contributed by atoms with E-state index >= 15 is 0 Å². The van der Waals surface area contributed by atoms with Gasteiger partial charge >= 0.3 is 5.97 Å². The molecule has 1 N–H and O–H groups in total. The highest BCUT2D eigenvalue weighted by Crippen LogP contribution is 2.25. The number of nitrogens with zero attached hydrogens (tertiary/aromatic N) is 2. The number of hydrogen-bond acceptors (Lipinski definition) is 6. The summed E-state index contributed by atoms with van der Waals surface area (Å²) >= 11 is 0. The highest BCUT2D eigenvalue weighted by atomic mass is 16.5. The van der Waals surface area contributed by atoms with Gasteiger partial charge in [-0.3, -0.25) is 19.3 Å². The Morgan fingerprint density at radius 1 is 1.06 bits per heavy atom. The third-order valence-electron chi connectivity index (χ3n) is 5.05. The van der Waals surface area contributed by atoms with E-state index in [9.17, 15) is 19.2 Å². The Balaban J connectivity index is 1.67. The third kappa shape index (κ3) is 4.83. The number of fused-ring (bicyclic) bond motifs is 1. The standard InChI is InChI=1S/C24H23N3O5/c1-14(2)9-10-27-22(29)19-8-7-17(12-20(19)23(27)30)24(31)32-15(3)21(28)26-18-6-4-5-16(11-18)13-25/h4-8,11-12,14-15H,9-10H2,1-3H3,(H,26,28)/t15-/m1/s1. The van der Waals surface area contributed by atoms with Crippen LogP contribution in [-0.4, -0.2) is 41.2 Å². The van der Waals surface area contributed by atoms with E-state index in [1.54, 1.807) is 18.2 Å². The molecule has 0 fully saturated rings. The summed E-state index contributed by atoms with van der Waals surface area (Å²) in [5.74, 6) is -1.84. The van der Waals surface area contributed by atoms with Crippen molar-refractivity contribution in [2.24, 2.45) is 5.92 Å². The monoisotopic (exact) mass is 433 g/mol. The number of esters is 1. The normalized spacial score (nSPS) is 13.5. The molecule has 2 aromatic carbocycles. The Morgan fingerprint density at radius 3 is 2.47 bits per heavy atom. The largest absolute Gasteiger partial charge is 0.449 e. The second-order valence-corrected chi connectivity index (χ2v) is 7.93. The minimum Gasteiger partial charge on any atom is -0.449 e. The number of imide groups is 1. The molecule has 1 atom stereocenters. The SMILES string of the molecule is CC(C)CCN1C(=O)c2ccc(C(=O)O[C@H](C)C(=O)Nc3cccc(C#N)c3)cc2C1=O. The van der Waals surface area contributed by atoms with Gasteiger partial charge in [-0.25, -0.2) is 4.79 Å². The van der Waals surface area contributed by atoms with Crippen molar-refractivity contribution in [2.45, 2.75) is 33.3 Å². The van der Waals surface area contributed by atoms with Crippen LogP contribution in [0.2, 0.25) is 0 Å². The van der Waals surface area contributed by atoms with Crippen LogP contribution < -0.4 is 5.32 Å². The van der Waals surface area contributed by atoms with Gasteiger partial charge in [0.15, 0.2) is 6.10 Å². The summed E-state index contributed by atoms with van der Waals surface area (Å²) in [6.07, 6.45) is -0.439. The first-order valence-corrected chi connectivity index (χ1v) is 10.2. The zero-order chi connectivity index (χ0) is 23.4. The number of benzene rings is 2. The van der Waals surface area contributed by atoms with E-state index in [1.807, 2.05) is 19.9 Å². The maximum absolute atomic E-state index is 12.6. The highest BCUT2D eigenvalue weighted by molar-refractivity contribution is 6.22. The minimum absolute atomic E-state index is 0.0711. The summed E-state index contributed by atoms with van der Waals surface area (Å²) in [5.41, 5.74) is 1.26. The first-order valence-electron chi connectivity index (χ1n) is 10.2. The fraction of sp³-hybridized carbons (Fsp3) is 0.292. The lowest BCUT2D eigenvalue weighted by molar-refractivity contribution is -0.123. The maximum Gasteiger partial charge on any atom is 0.338 e. The number of carbonyl (C=O) groups is 4. The fourth-order valence-electron chi connectivity index (χ4n) is 3.20. The molecule has 2 aromatic rings. The van der Waals surface area contributed by atoms with Crippen LogP contribution in [-0.2, 0) is 9.53 Å². The van der Waals surface area contributed by atoms with Crippen LogP contribution in [0.3, 0.4) is 0 Å². The van der Waals surface area contributed by atoms with Crippen molar-refractivity contribution in [3.05, 3.63) is 64.7 Å². The van der Waals surface area contributed by atoms with Crippen LogP contribution in [0.1, 0.15) is 63.8 Å². The molecule has 0 bridgehead atoms. The van der Waals surface area contributed by atoms with Gasteiger partial charge in [-0.15, -0.1) is 0 Å². The van der Waals surface area contributed by atoms with Gasteiger partial charge in [0.05, 0.1) is 28.3 Å². The molecule has 0 saturated carbocycles. The highest BCUT2D eigenvalue weighted by Gasteiger charge is 2.36. The van der Waals surface area contributed by atoms with E-state index in [1.165, 1.54) is 36.1 Å². The van der Waals surface area contributed by atoms with E-state index in [-0.39, 0.29) is 22.6 Å². The van der Waals surface area contributed by atoms with Gasteiger partial charge in [0.25, 0.3) is 17.7 Å². The van der Waals surface area contributed by atoms with E-state index < -0.39 is 23.9 Å². The van der Waals surface area contributed by atoms with Crippen LogP contribution in [0.15, 0.2) is 42.5 Å². The molecular formula is C24H23N3O5. The van der Waals surface area contributed by atoms with Crippen molar-refractivity contribution in [3.8, 4) is 6.07 Å². The topological polar surface area (TPSA) is 117 Å². The Hall–Kier alpha value is -3.99. The van der Waals surface area contributed by atoms with Crippen molar-refractivity contribution >= 4 is 29.4 Å². The van der Waals surface area contributed by atoms with E-state index in [4.69, 9.17) is 10.00 Å². The van der Waals surface area contributed by atoms with Crippen LogP contribution in [0.4, 0.5) is 5.69 Å². The predicted molar refractivity (Wildman–Crippen MR) is 116 cm³/mol. The van der Waals surface area contributed by atoms with Gasteiger partial charge in [-0.1, -0.05) is 19.9 Å². The molecule has 0 radical (unpaired) electrons. The molecule has 8 nitrogen and oxygen atoms in total. The average molecular weight is 433 g/mol. The van der Waals surface area contributed by atoms with Crippen LogP contribution in [0.25, 0.3) is 0 Å². The molecule has 8 heteroatoms. The van der Waals surface area contributed by atoms with Crippen molar-refractivity contribution in [2.75, 3.05) is 11.9 Å². The lowest BCUT2D eigenvalue weighted by Crippen LogP contribution is -2.31. The summed E-state index contributed by atoms with van der Waals surface area (Å²) in [4.78, 5) is 51.2. The van der Waals surface area contributed by atoms with E-state index in [0.717, 1.165) is 0 Å². The molecular weight excluding hydrogens is 410 g/mol. The molecule has 0 aliphatic carbocycles. The first kappa shape index (κ1) is 22.7. The molecule has 164 valence electrons. The Kier molecular flexibility index (Phi) is 6.69. The number of hydrogen-bond donors (Lipinski definition) is 1. The lowest BCUT2D eigenvalue weighted by atomic mass is 10.1. The predicted octanol–water partition coefficient (Wildman–Crippen LogP) is 3.38. The summed E-state index contributed by atoms with van der Waals surface area (Å²) in [5, 5.41) is 11.5. The lowest BCUT2D eigenvalue weighted by Gasteiger charge is -2.14. The van der Waals surface area contributed by atoms with Crippen molar-refractivity contribution in [1.29, 1.82) is 5.26 Å². The Morgan fingerprint density at radius 2 is 1.78 bits per heavy atom. The molecule has 0 aromatic heterocycles. The molecule has 0 unspecified atom stereocenters. The zero-order valence-electron chi connectivity index (χ0n) is 18.0. The summed E-state index contributed by atoms with van der Waals surface area (Å²) in [6, 6.07) is 12.5. The van der Waals surface area contributed by atoms with Gasteiger partial charge in [0.1, 0.15) is 0 Å². The molecule has 32 heavy (non-hydrogen) atoms. The molecule has 1 aliphatic heterocycles. The Bertz CT molecular complexity index is 1130. The fourth-order valence-corrected chi connectivity index (χ4v) is 3.20. The number of nitrogens with one attached hydrogen (secondary N) is 1. The number of carbonyl (C=O) groups excluding carboxylic acids is 4. The quantitative estimate of drug-likeness (QED) is 0.528. The van der Waals surface area contributed by atoms with E-state index in [0.29, 0.717) is 30.1 Å². The van der Waals surface area contributed by atoms with Gasteiger partial charge in [-0.2, -0.15) is 5.26 Å². The average Bonchev–Trinajstić information content (AvgIpc) is 3.01. The number of amides is 3. The number of rotatable bonds is 7. The molecule has 0 spiro atoms. The van der Waals surface area contributed by atoms with Gasteiger partial charge < -0.3 is 10.1 Å². The number of anilines is 1. The minimum atomic E-state index is -1.12. The number of nitriles is 1. The first-order chi connectivity index (χ1) is 15.2. The molecule has 0 saturated heterocycles. The zero-order valence-corrected chi connectivity index (χ0v) is 18.0. The molecule has 3 rings (SSSR count).